The van der Waals surface area contributed by atoms with Crippen molar-refractivity contribution in [2.45, 2.75) is 47.0 Å². The fourth-order valence-corrected chi connectivity index (χ4v) is 1.97. The first kappa shape index (κ1) is 17.8. The van der Waals surface area contributed by atoms with Gasteiger partial charge in [0.25, 0.3) is 0 Å². The molecule has 1 aromatic rings. The highest BCUT2D eigenvalue weighted by Gasteiger charge is 2.24. The summed E-state index contributed by atoms with van der Waals surface area (Å²) in [7, 11) is 0. The van der Waals surface area contributed by atoms with Crippen LogP contribution in [-0.4, -0.2) is 30.1 Å². The third-order valence-corrected chi connectivity index (χ3v) is 3.08. The molecule has 120 valence electrons. The van der Waals surface area contributed by atoms with Gasteiger partial charge in [-0.3, -0.25) is 0 Å². The summed E-state index contributed by atoms with van der Waals surface area (Å²) in [5.74, 6) is 4.97. The van der Waals surface area contributed by atoms with Crippen LogP contribution in [0.1, 0.15) is 72.1 Å². The molecule has 0 amide bonds. The van der Waals surface area contributed by atoms with Crippen molar-refractivity contribution >= 4 is 11.9 Å². The Morgan fingerprint density at radius 2 is 1.73 bits per heavy atom. The van der Waals surface area contributed by atoms with Gasteiger partial charge in [-0.2, -0.15) is 0 Å². The van der Waals surface area contributed by atoms with E-state index >= 15 is 0 Å². The number of carbonyl (C=O) groups is 2. The van der Waals surface area contributed by atoms with Gasteiger partial charge in [0.1, 0.15) is 11.4 Å². The van der Waals surface area contributed by atoms with Crippen molar-refractivity contribution in [3.8, 4) is 11.8 Å². The molecule has 1 rings (SSSR count). The van der Waals surface area contributed by atoms with Crippen molar-refractivity contribution in [3.05, 3.63) is 22.5 Å². The lowest BCUT2D eigenvalue weighted by molar-refractivity contribution is 0.0518. The van der Waals surface area contributed by atoms with Crippen LogP contribution < -0.4 is 0 Å². The maximum atomic E-state index is 12.1. The second kappa shape index (κ2) is 8.93. The lowest BCUT2D eigenvalue weighted by atomic mass is 10.1. The molecule has 0 aliphatic carbocycles. The molecular formula is C17H23NO4. The quantitative estimate of drug-likeness (QED) is 0.498. The average molecular weight is 305 g/mol. The number of H-pyrrole nitrogens is 1. The molecule has 1 aromatic heterocycles. The van der Waals surface area contributed by atoms with Crippen LogP contribution >= 0.6 is 0 Å². The molecule has 22 heavy (non-hydrogen) atoms. The van der Waals surface area contributed by atoms with Crippen LogP contribution in [0, 0.1) is 18.8 Å². The van der Waals surface area contributed by atoms with Crippen LogP contribution in [0.5, 0.6) is 0 Å². The monoisotopic (exact) mass is 305 g/mol. The van der Waals surface area contributed by atoms with Crippen molar-refractivity contribution in [1.29, 1.82) is 0 Å². The predicted molar refractivity (Wildman–Crippen MR) is 83.8 cm³/mol. The highest BCUT2D eigenvalue weighted by atomic mass is 16.5. The van der Waals surface area contributed by atoms with Crippen molar-refractivity contribution in [2.24, 2.45) is 0 Å². The summed E-state index contributed by atoms with van der Waals surface area (Å²) in [5.41, 5.74) is 1.49. The number of aromatic nitrogens is 1. The zero-order valence-corrected chi connectivity index (χ0v) is 13.7. The van der Waals surface area contributed by atoms with Crippen molar-refractivity contribution in [2.75, 3.05) is 13.2 Å². The van der Waals surface area contributed by atoms with Crippen LogP contribution in [0.3, 0.4) is 0 Å². The standard InChI is InChI=1S/C17H23NO4/c1-5-8-9-10-11-13-14(16(19)21-6-2)12(4)15(18-13)17(20)22-7-3/h18H,5-9H2,1-4H3. The Hall–Kier alpha value is -2.22. The third kappa shape index (κ3) is 4.39. The first-order valence-corrected chi connectivity index (χ1v) is 7.62. The highest BCUT2D eigenvalue weighted by Crippen LogP contribution is 2.20. The van der Waals surface area contributed by atoms with Crippen molar-refractivity contribution in [1.82, 2.24) is 4.98 Å². The molecule has 0 aliphatic rings. The molecule has 0 bridgehead atoms. The van der Waals surface area contributed by atoms with Crippen molar-refractivity contribution in [3.63, 3.8) is 0 Å². The molecule has 5 heteroatoms. The van der Waals surface area contributed by atoms with E-state index in [-0.39, 0.29) is 18.9 Å². The number of nitrogens with one attached hydrogen (secondary N) is 1. The molecule has 0 atom stereocenters. The first-order chi connectivity index (χ1) is 10.6. The number of esters is 2. The topological polar surface area (TPSA) is 68.4 Å². The summed E-state index contributed by atoms with van der Waals surface area (Å²) >= 11 is 0. The average Bonchev–Trinajstić information content (AvgIpc) is 2.81. The van der Waals surface area contributed by atoms with Crippen LogP contribution in [0.4, 0.5) is 0 Å². The van der Waals surface area contributed by atoms with E-state index in [0.29, 0.717) is 16.8 Å². The summed E-state index contributed by atoms with van der Waals surface area (Å²) in [4.78, 5) is 26.9. The minimum atomic E-state index is -0.493. The van der Waals surface area contributed by atoms with Gasteiger partial charge in [-0.05, 0) is 38.7 Å². The fourth-order valence-electron chi connectivity index (χ4n) is 1.97. The van der Waals surface area contributed by atoms with Gasteiger partial charge in [0, 0.05) is 6.42 Å². The number of hydrogen-bond acceptors (Lipinski definition) is 4. The van der Waals surface area contributed by atoms with Gasteiger partial charge in [0.15, 0.2) is 0 Å². The number of rotatable bonds is 6. The Balaban J connectivity index is 3.20. The van der Waals surface area contributed by atoms with E-state index in [4.69, 9.17) is 9.47 Å². The van der Waals surface area contributed by atoms with E-state index in [9.17, 15) is 9.59 Å². The maximum Gasteiger partial charge on any atom is 0.355 e. The molecule has 0 saturated carbocycles. The van der Waals surface area contributed by atoms with Crippen molar-refractivity contribution < 1.29 is 19.1 Å². The first-order valence-electron chi connectivity index (χ1n) is 7.62. The van der Waals surface area contributed by atoms with Gasteiger partial charge in [0.2, 0.25) is 0 Å². The Bertz CT molecular complexity index is 590. The molecule has 0 aliphatic heterocycles. The second-order valence-electron chi connectivity index (χ2n) is 4.72. The van der Waals surface area contributed by atoms with E-state index in [1.54, 1.807) is 20.8 Å². The van der Waals surface area contributed by atoms with E-state index in [2.05, 4.69) is 23.7 Å². The zero-order valence-electron chi connectivity index (χ0n) is 13.7. The highest BCUT2D eigenvalue weighted by molar-refractivity contribution is 5.99. The number of unbranched alkanes of at least 4 members (excludes halogenated alkanes) is 2. The summed E-state index contributed by atoms with van der Waals surface area (Å²) in [6, 6.07) is 0. The SMILES string of the molecule is CCCCC#Cc1[nH]c(C(=O)OCC)c(C)c1C(=O)OCC. The fraction of sp³-hybridized carbons (Fsp3) is 0.529. The minimum Gasteiger partial charge on any atom is -0.462 e. The third-order valence-electron chi connectivity index (χ3n) is 3.08. The smallest absolute Gasteiger partial charge is 0.355 e. The molecule has 1 N–H and O–H groups in total. The molecule has 5 nitrogen and oxygen atoms in total. The Morgan fingerprint density at radius 3 is 2.32 bits per heavy atom. The predicted octanol–water partition coefficient (Wildman–Crippen LogP) is 3.22. The normalized spacial score (nSPS) is 9.82. The molecule has 0 aromatic carbocycles. The summed E-state index contributed by atoms with van der Waals surface area (Å²) in [6.45, 7) is 7.77. The largest absolute Gasteiger partial charge is 0.462 e. The molecule has 0 fully saturated rings. The molecule has 0 radical (unpaired) electrons. The number of carbonyl (C=O) groups excluding carboxylic acids is 2. The summed E-state index contributed by atoms with van der Waals surface area (Å²) in [6.07, 6.45) is 2.79. The zero-order chi connectivity index (χ0) is 16.5. The Labute approximate surface area is 131 Å². The van der Waals surface area contributed by atoms with Crippen LogP contribution in [0.25, 0.3) is 0 Å². The van der Waals surface area contributed by atoms with Gasteiger partial charge in [-0.1, -0.05) is 19.3 Å². The lowest BCUT2D eigenvalue weighted by Gasteiger charge is -2.02. The maximum absolute atomic E-state index is 12.1. The number of ether oxygens (including phenoxy) is 2. The Morgan fingerprint density at radius 1 is 1.09 bits per heavy atom. The van der Waals surface area contributed by atoms with Gasteiger partial charge in [0.05, 0.1) is 18.8 Å². The van der Waals surface area contributed by atoms with Gasteiger partial charge in [-0.25, -0.2) is 9.59 Å². The van der Waals surface area contributed by atoms with E-state index < -0.39 is 11.9 Å². The summed E-state index contributed by atoms with van der Waals surface area (Å²) in [5, 5.41) is 0. The summed E-state index contributed by atoms with van der Waals surface area (Å²) < 4.78 is 10.0. The van der Waals surface area contributed by atoms with Gasteiger partial charge >= 0.3 is 11.9 Å². The molecule has 0 unspecified atom stereocenters. The van der Waals surface area contributed by atoms with Crippen LogP contribution in [0.15, 0.2) is 0 Å². The van der Waals surface area contributed by atoms with Crippen LogP contribution in [0.2, 0.25) is 0 Å². The van der Waals surface area contributed by atoms with Gasteiger partial charge in [-0.15, -0.1) is 0 Å². The van der Waals surface area contributed by atoms with Gasteiger partial charge < -0.3 is 14.5 Å². The molecule has 0 saturated heterocycles. The minimum absolute atomic E-state index is 0.254. The molecule has 1 heterocycles. The molecule has 0 spiro atoms. The van der Waals surface area contributed by atoms with E-state index in [1.165, 1.54) is 0 Å². The number of aromatic amines is 1. The second-order valence-corrected chi connectivity index (χ2v) is 4.72. The lowest BCUT2D eigenvalue weighted by Crippen LogP contribution is -2.09. The number of hydrogen-bond donors (Lipinski definition) is 1. The van der Waals surface area contributed by atoms with E-state index in [1.807, 2.05) is 0 Å². The molecular weight excluding hydrogens is 282 g/mol. The van der Waals surface area contributed by atoms with E-state index in [0.717, 1.165) is 19.3 Å². The Kier molecular flexibility index (Phi) is 7.24. The van der Waals surface area contributed by atoms with Crippen LogP contribution in [-0.2, 0) is 9.47 Å².